The van der Waals surface area contributed by atoms with Crippen LogP contribution in [0.3, 0.4) is 0 Å². The number of carbonyl (C=O) groups is 1. The lowest BCUT2D eigenvalue weighted by molar-refractivity contribution is -0.124. The number of nitrogens with one attached hydrogen (secondary N) is 2. The zero-order valence-electron chi connectivity index (χ0n) is 18.8. The van der Waals surface area contributed by atoms with Crippen LogP contribution >= 0.6 is 0 Å². The zero-order chi connectivity index (χ0) is 22.8. The number of aryl methyl sites for hydroxylation is 1. The molecule has 9 heteroatoms. The van der Waals surface area contributed by atoms with E-state index in [1.807, 2.05) is 61.6 Å². The smallest absolute Gasteiger partial charge is 0.222 e. The molecule has 166 valence electrons. The monoisotopic (exact) mass is 434 g/mol. The summed E-state index contributed by atoms with van der Waals surface area (Å²) in [6.45, 7) is 6.08. The second-order valence-electron chi connectivity index (χ2n) is 7.76. The van der Waals surface area contributed by atoms with Crippen molar-refractivity contribution in [2.24, 2.45) is 5.92 Å². The number of rotatable bonds is 7. The first-order valence-corrected chi connectivity index (χ1v) is 10.3. The van der Waals surface area contributed by atoms with Crippen molar-refractivity contribution in [1.82, 2.24) is 24.9 Å². The van der Waals surface area contributed by atoms with Gasteiger partial charge in [-0.2, -0.15) is 0 Å². The number of hydrogen-bond acceptors (Lipinski definition) is 7. The Bertz CT molecular complexity index is 1300. The molecule has 0 unspecified atom stereocenters. The molecular weight excluding hydrogens is 408 g/mol. The van der Waals surface area contributed by atoms with Gasteiger partial charge in [0.25, 0.3) is 0 Å². The van der Waals surface area contributed by atoms with E-state index in [9.17, 15) is 4.79 Å². The Morgan fingerprint density at radius 3 is 2.56 bits per heavy atom. The predicted octanol–water partition coefficient (Wildman–Crippen LogP) is 3.62. The van der Waals surface area contributed by atoms with Gasteiger partial charge in [-0.15, -0.1) is 10.2 Å². The number of methoxy groups -OCH3 is 2. The zero-order valence-corrected chi connectivity index (χ0v) is 18.8. The van der Waals surface area contributed by atoms with Crippen LogP contribution in [0.15, 0.2) is 36.4 Å². The molecule has 2 aromatic carbocycles. The maximum Gasteiger partial charge on any atom is 0.222 e. The number of nitrogens with zero attached hydrogens (tertiary/aromatic N) is 4. The van der Waals surface area contributed by atoms with Gasteiger partial charge in [-0.1, -0.05) is 26.0 Å². The average molecular weight is 435 g/mol. The highest BCUT2D eigenvalue weighted by atomic mass is 16.5. The van der Waals surface area contributed by atoms with E-state index in [1.54, 1.807) is 14.2 Å². The third-order valence-electron chi connectivity index (χ3n) is 5.17. The summed E-state index contributed by atoms with van der Waals surface area (Å²) in [7, 11) is 3.19. The summed E-state index contributed by atoms with van der Waals surface area (Å²) in [5.41, 5.74) is 3.93. The predicted molar refractivity (Wildman–Crippen MR) is 123 cm³/mol. The molecule has 0 saturated heterocycles. The molecule has 0 aliphatic rings. The van der Waals surface area contributed by atoms with Gasteiger partial charge in [0.15, 0.2) is 17.3 Å². The summed E-state index contributed by atoms with van der Waals surface area (Å²) in [5, 5.41) is 14.9. The first-order chi connectivity index (χ1) is 15.4. The van der Waals surface area contributed by atoms with Crippen molar-refractivity contribution in [2.45, 2.75) is 27.3 Å². The molecule has 4 aromatic rings. The average Bonchev–Trinajstić information content (AvgIpc) is 3.19. The van der Waals surface area contributed by atoms with E-state index in [2.05, 4.69) is 20.8 Å². The Kier molecular flexibility index (Phi) is 5.81. The number of ether oxygens (including phenoxy) is 2. The first kappa shape index (κ1) is 21.4. The maximum atomic E-state index is 11.9. The van der Waals surface area contributed by atoms with Crippen LogP contribution in [0.1, 0.15) is 25.2 Å². The molecule has 0 radical (unpaired) electrons. The van der Waals surface area contributed by atoms with Gasteiger partial charge in [0.2, 0.25) is 11.6 Å². The van der Waals surface area contributed by atoms with Crippen molar-refractivity contribution in [3.05, 3.63) is 47.8 Å². The Balaban J connectivity index is 1.73. The fourth-order valence-electron chi connectivity index (χ4n) is 3.47. The Morgan fingerprint density at radius 2 is 1.84 bits per heavy atom. The maximum absolute atomic E-state index is 11.9. The molecular formula is C23H26N6O3. The van der Waals surface area contributed by atoms with E-state index in [4.69, 9.17) is 14.5 Å². The number of hydrogen-bond donors (Lipinski definition) is 2. The molecule has 0 atom stereocenters. The Hall–Kier alpha value is -3.88. The highest BCUT2D eigenvalue weighted by Crippen LogP contribution is 2.33. The SMILES string of the molecule is COc1cc2nc(Nc3cccc(CNC(=O)C(C)C)c3)c3nnc(C)n3c2cc1OC. The molecule has 9 nitrogen and oxygen atoms in total. The summed E-state index contributed by atoms with van der Waals surface area (Å²) in [6.07, 6.45) is 0. The van der Waals surface area contributed by atoms with E-state index >= 15 is 0 Å². The molecule has 0 spiro atoms. The van der Waals surface area contributed by atoms with Gasteiger partial charge in [-0.05, 0) is 24.6 Å². The van der Waals surface area contributed by atoms with Crippen molar-refractivity contribution < 1.29 is 14.3 Å². The summed E-state index contributed by atoms with van der Waals surface area (Å²) >= 11 is 0. The van der Waals surface area contributed by atoms with E-state index in [1.165, 1.54) is 0 Å². The standard InChI is InChI=1S/C23H26N6O3/c1-13(2)23(30)24-12-15-7-6-8-16(9-15)25-21-22-28-27-14(3)29(22)18-11-20(32-5)19(31-4)10-17(18)26-21/h6-11,13H,12H2,1-5H3,(H,24,30)(H,25,26). The van der Waals surface area contributed by atoms with Gasteiger partial charge in [0.05, 0.1) is 25.3 Å². The minimum atomic E-state index is -0.0572. The fourth-order valence-corrected chi connectivity index (χ4v) is 3.47. The van der Waals surface area contributed by atoms with Crippen molar-refractivity contribution in [2.75, 3.05) is 19.5 Å². The van der Waals surface area contributed by atoms with Crippen LogP contribution in [0.4, 0.5) is 11.5 Å². The van der Waals surface area contributed by atoms with Crippen LogP contribution in [-0.2, 0) is 11.3 Å². The van der Waals surface area contributed by atoms with Crippen molar-refractivity contribution in [3.63, 3.8) is 0 Å². The van der Waals surface area contributed by atoms with Crippen LogP contribution in [0.25, 0.3) is 16.7 Å². The number of amides is 1. The molecule has 0 aliphatic heterocycles. The van der Waals surface area contributed by atoms with Crippen molar-refractivity contribution in [1.29, 1.82) is 0 Å². The molecule has 2 N–H and O–H groups in total. The summed E-state index contributed by atoms with van der Waals surface area (Å²) in [6, 6.07) is 11.5. The van der Waals surface area contributed by atoms with Crippen molar-refractivity contribution >= 4 is 34.1 Å². The minimum Gasteiger partial charge on any atom is -0.493 e. The summed E-state index contributed by atoms with van der Waals surface area (Å²) in [4.78, 5) is 16.7. The van der Waals surface area contributed by atoms with Gasteiger partial charge < -0.3 is 20.1 Å². The van der Waals surface area contributed by atoms with Crippen LogP contribution in [0, 0.1) is 12.8 Å². The molecule has 0 fully saturated rings. The van der Waals surface area contributed by atoms with Crippen molar-refractivity contribution in [3.8, 4) is 11.5 Å². The third-order valence-corrected chi connectivity index (χ3v) is 5.17. The Morgan fingerprint density at radius 1 is 1.09 bits per heavy atom. The highest BCUT2D eigenvalue weighted by Gasteiger charge is 2.17. The fraction of sp³-hybridized carbons (Fsp3) is 0.304. The lowest BCUT2D eigenvalue weighted by Crippen LogP contribution is -2.27. The number of carbonyl (C=O) groups excluding carboxylic acids is 1. The second kappa shape index (κ2) is 8.70. The van der Waals surface area contributed by atoms with Crippen LogP contribution in [-0.4, -0.2) is 39.7 Å². The van der Waals surface area contributed by atoms with E-state index in [0.29, 0.717) is 35.0 Å². The minimum absolute atomic E-state index is 0.0181. The normalized spacial score (nSPS) is 11.2. The van der Waals surface area contributed by atoms with E-state index < -0.39 is 0 Å². The van der Waals surface area contributed by atoms with E-state index in [-0.39, 0.29) is 11.8 Å². The molecule has 0 aliphatic carbocycles. The number of anilines is 2. The molecule has 2 heterocycles. The van der Waals surface area contributed by atoms with Gasteiger partial charge in [-0.25, -0.2) is 4.98 Å². The molecule has 0 saturated carbocycles. The van der Waals surface area contributed by atoms with Gasteiger partial charge in [0, 0.05) is 30.3 Å². The molecule has 0 bridgehead atoms. The topological polar surface area (TPSA) is 103 Å². The van der Waals surface area contributed by atoms with Gasteiger partial charge in [-0.3, -0.25) is 9.20 Å². The number of aromatic nitrogens is 4. The third kappa shape index (κ3) is 4.01. The quantitative estimate of drug-likeness (QED) is 0.458. The molecule has 32 heavy (non-hydrogen) atoms. The second-order valence-corrected chi connectivity index (χ2v) is 7.76. The molecule has 1 amide bonds. The summed E-state index contributed by atoms with van der Waals surface area (Å²) in [5.74, 6) is 2.45. The van der Waals surface area contributed by atoms with Crippen LogP contribution in [0.5, 0.6) is 11.5 Å². The largest absolute Gasteiger partial charge is 0.493 e. The summed E-state index contributed by atoms with van der Waals surface area (Å²) < 4.78 is 12.8. The van der Waals surface area contributed by atoms with Gasteiger partial charge in [0.1, 0.15) is 5.82 Å². The van der Waals surface area contributed by atoms with Crippen LogP contribution in [0.2, 0.25) is 0 Å². The highest BCUT2D eigenvalue weighted by molar-refractivity contribution is 5.87. The van der Waals surface area contributed by atoms with Crippen LogP contribution < -0.4 is 20.1 Å². The molecule has 2 aromatic heterocycles. The number of fused-ring (bicyclic) bond motifs is 3. The number of benzene rings is 2. The van der Waals surface area contributed by atoms with E-state index in [0.717, 1.165) is 22.6 Å². The Labute approximate surface area is 185 Å². The lowest BCUT2D eigenvalue weighted by atomic mass is 10.1. The van der Waals surface area contributed by atoms with Gasteiger partial charge >= 0.3 is 0 Å². The molecule has 4 rings (SSSR count). The lowest BCUT2D eigenvalue weighted by Gasteiger charge is -2.13. The first-order valence-electron chi connectivity index (χ1n) is 10.3.